The number of ketones is 1. The molecule has 0 saturated heterocycles. The molecule has 0 unspecified atom stereocenters. The third kappa shape index (κ3) is 2.91. The molecule has 0 aliphatic rings. The normalized spacial score (nSPS) is 10.5. The van der Waals surface area contributed by atoms with Crippen LogP contribution in [0.5, 0.6) is 5.75 Å². The monoisotopic (exact) mass is 207 g/mol. The van der Waals surface area contributed by atoms with Gasteiger partial charge in [0.05, 0.1) is 4.92 Å². The van der Waals surface area contributed by atoms with Gasteiger partial charge in [-0.1, -0.05) is 0 Å². The molecule has 0 aliphatic carbocycles. The number of phenols is 1. The van der Waals surface area contributed by atoms with E-state index in [1.54, 1.807) is 0 Å². The van der Waals surface area contributed by atoms with Crippen molar-refractivity contribution >= 4 is 17.5 Å². The SMILES string of the molecule is CC(=O)/C=C/c1cc([N+](=O)[O-])ccc1O. The lowest BCUT2D eigenvalue weighted by molar-refractivity contribution is -0.384. The Hall–Kier alpha value is -2.17. The largest absolute Gasteiger partial charge is 0.507 e. The molecule has 0 atom stereocenters. The van der Waals surface area contributed by atoms with Crippen LogP contribution >= 0.6 is 0 Å². The van der Waals surface area contributed by atoms with Gasteiger partial charge in [-0.25, -0.2) is 0 Å². The number of non-ortho nitro benzene ring substituents is 1. The third-order valence-electron chi connectivity index (χ3n) is 1.72. The van der Waals surface area contributed by atoms with E-state index >= 15 is 0 Å². The number of carbonyl (C=O) groups is 1. The van der Waals surface area contributed by atoms with Crippen molar-refractivity contribution < 1.29 is 14.8 Å². The number of aromatic hydroxyl groups is 1. The number of nitro benzene ring substituents is 1. The van der Waals surface area contributed by atoms with E-state index in [0.717, 1.165) is 0 Å². The number of hydrogen-bond donors (Lipinski definition) is 1. The molecule has 5 nitrogen and oxygen atoms in total. The highest BCUT2D eigenvalue weighted by atomic mass is 16.6. The van der Waals surface area contributed by atoms with Crippen LogP contribution in [0.3, 0.4) is 0 Å². The summed E-state index contributed by atoms with van der Waals surface area (Å²) < 4.78 is 0. The summed E-state index contributed by atoms with van der Waals surface area (Å²) in [6.07, 6.45) is 2.57. The smallest absolute Gasteiger partial charge is 0.270 e. The van der Waals surface area contributed by atoms with E-state index in [1.807, 2.05) is 0 Å². The van der Waals surface area contributed by atoms with Crippen LogP contribution in [-0.2, 0) is 4.79 Å². The summed E-state index contributed by atoms with van der Waals surface area (Å²) in [5, 5.41) is 19.8. The van der Waals surface area contributed by atoms with E-state index in [0.29, 0.717) is 0 Å². The number of nitrogens with zero attached hydrogens (tertiary/aromatic N) is 1. The van der Waals surface area contributed by atoms with Crippen molar-refractivity contribution in [3.63, 3.8) is 0 Å². The van der Waals surface area contributed by atoms with Gasteiger partial charge in [0.1, 0.15) is 5.75 Å². The van der Waals surface area contributed by atoms with Gasteiger partial charge >= 0.3 is 0 Å². The maximum Gasteiger partial charge on any atom is 0.270 e. The van der Waals surface area contributed by atoms with Gasteiger partial charge in [-0.3, -0.25) is 14.9 Å². The number of phenolic OH excluding ortho intramolecular Hbond substituents is 1. The van der Waals surface area contributed by atoms with Crippen molar-refractivity contribution in [1.82, 2.24) is 0 Å². The number of hydrogen-bond acceptors (Lipinski definition) is 4. The second kappa shape index (κ2) is 4.36. The molecule has 1 rings (SSSR count). The summed E-state index contributed by atoms with van der Waals surface area (Å²) in [7, 11) is 0. The molecule has 1 aromatic carbocycles. The summed E-state index contributed by atoms with van der Waals surface area (Å²) >= 11 is 0. The molecule has 0 heterocycles. The Balaban J connectivity index is 3.11. The van der Waals surface area contributed by atoms with Crippen LogP contribution in [0, 0.1) is 10.1 Å². The van der Waals surface area contributed by atoms with Gasteiger partial charge in [-0.2, -0.15) is 0 Å². The Labute approximate surface area is 85.8 Å². The van der Waals surface area contributed by atoms with Crippen LogP contribution in [-0.4, -0.2) is 15.8 Å². The second-order valence-electron chi connectivity index (χ2n) is 2.94. The Morgan fingerprint density at radius 3 is 2.73 bits per heavy atom. The van der Waals surface area contributed by atoms with Crippen LogP contribution in [0.4, 0.5) is 5.69 Å². The van der Waals surface area contributed by atoms with Gasteiger partial charge in [0.2, 0.25) is 0 Å². The number of allylic oxidation sites excluding steroid dienone is 1. The van der Waals surface area contributed by atoms with Gasteiger partial charge < -0.3 is 5.11 Å². The lowest BCUT2D eigenvalue weighted by Crippen LogP contribution is -1.88. The van der Waals surface area contributed by atoms with Crippen LogP contribution in [0.2, 0.25) is 0 Å². The molecule has 0 saturated carbocycles. The fourth-order valence-corrected chi connectivity index (χ4v) is 0.996. The van der Waals surface area contributed by atoms with Crippen molar-refractivity contribution in [2.45, 2.75) is 6.92 Å². The summed E-state index contributed by atoms with van der Waals surface area (Å²) in [5.41, 5.74) is 0.121. The first-order chi connectivity index (χ1) is 7.00. The fourth-order valence-electron chi connectivity index (χ4n) is 0.996. The zero-order valence-corrected chi connectivity index (χ0v) is 8.01. The van der Waals surface area contributed by atoms with Gasteiger partial charge in [0.25, 0.3) is 5.69 Å². The van der Waals surface area contributed by atoms with E-state index in [2.05, 4.69) is 0 Å². The molecule has 1 N–H and O–H groups in total. The first-order valence-electron chi connectivity index (χ1n) is 4.17. The molecule has 0 aliphatic heterocycles. The van der Waals surface area contributed by atoms with Gasteiger partial charge in [0, 0.05) is 17.7 Å². The lowest BCUT2D eigenvalue weighted by atomic mass is 10.1. The maximum atomic E-state index is 10.6. The molecule has 1 aromatic rings. The molecule has 0 amide bonds. The number of carbonyl (C=O) groups excluding carboxylic acids is 1. The minimum atomic E-state index is -0.565. The number of benzene rings is 1. The average molecular weight is 207 g/mol. The van der Waals surface area contributed by atoms with E-state index in [1.165, 1.54) is 37.3 Å². The Bertz CT molecular complexity index is 437. The maximum absolute atomic E-state index is 10.6. The zero-order chi connectivity index (χ0) is 11.4. The van der Waals surface area contributed by atoms with Crippen LogP contribution in [0.15, 0.2) is 24.3 Å². The first-order valence-corrected chi connectivity index (χ1v) is 4.17. The number of nitro groups is 1. The predicted octanol–water partition coefficient (Wildman–Crippen LogP) is 1.90. The number of rotatable bonds is 3. The molecular weight excluding hydrogens is 198 g/mol. The first kappa shape index (κ1) is 10.9. The molecule has 78 valence electrons. The van der Waals surface area contributed by atoms with Crippen molar-refractivity contribution in [1.29, 1.82) is 0 Å². The summed E-state index contributed by atoms with van der Waals surface area (Å²) in [6, 6.07) is 3.62. The minimum absolute atomic E-state index is 0.0990. The lowest BCUT2D eigenvalue weighted by Gasteiger charge is -1.98. The fraction of sp³-hybridized carbons (Fsp3) is 0.100. The quantitative estimate of drug-likeness (QED) is 0.466. The average Bonchev–Trinajstić information content (AvgIpc) is 2.16. The minimum Gasteiger partial charge on any atom is -0.507 e. The summed E-state index contributed by atoms with van der Waals surface area (Å²) in [6.45, 7) is 1.35. The molecule has 0 spiro atoms. The van der Waals surface area contributed by atoms with E-state index in [-0.39, 0.29) is 22.8 Å². The van der Waals surface area contributed by atoms with Crippen LogP contribution < -0.4 is 0 Å². The van der Waals surface area contributed by atoms with E-state index in [4.69, 9.17) is 0 Å². The highest BCUT2D eigenvalue weighted by Crippen LogP contribution is 2.23. The van der Waals surface area contributed by atoms with Crippen molar-refractivity contribution in [3.05, 3.63) is 40.0 Å². The molecular formula is C10H9NO4. The van der Waals surface area contributed by atoms with Gasteiger partial charge in [-0.15, -0.1) is 0 Å². The molecule has 0 fully saturated rings. The zero-order valence-electron chi connectivity index (χ0n) is 8.01. The van der Waals surface area contributed by atoms with E-state index < -0.39 is 4.92 Å². The third-order valence-corrected chi connectivity index (χ3v) is 1.72. The standard InChI is InChI=1S/C10H9NO4/c1-7(12)2-3-8-6-9(11(14)15)4-5-10(8)13/h2-6,13H,1H3/b3-2+. The highest BCUT2D eigenvalue weighted by Gasteiger charge is 2.07. The van der Waals surface area contributed by atoms with Crippen LogP contribution in [0.25, 0.3) is 6.08 Å². The summed E-state index contributed by atoms with van der Waals surface area (Å²) in [5.74, 6) is -0.293. The molecule has 5 heteroatoms. The molecule has 0 bridgehead atoms. The highest BCUT2D eigenvalue weighted by molar-refractivity contribution is 5.92. The van der Waals surface area contributed by atoms with Gasteiger partial charge in [0.15, 0.2) is 5.78 Å². The predicted molar refractivity (Wildman–Crippen MR) is 54.5 cm³/mol. The van der Waals surface area contributed by atoms with E-state index in [9.17, 15) is 20.0 Å². The molecule has 15 heavy (non-hydrogen) atoms. The Morgan fingerprint density at radius 2 is 2.20 bits per heavy atom. The van der Waals surface area contributed by atoms with Crippen molar-refractivity contribution in [2.75, 3.05) is 0 Å². The topological polar surface area (TPSA) is 80.4 Å². The van der Waals surface area contributed by atoms with Crippen molar-refractivity contribution in [3.8, 4) is 5.75 Å². The van der Waals surface area contributed by atoms with Gasteiger partial charge in [-0.05, 0) is 25.1 Å². The molecule has 0 radical (unpaired) electrons. The Morgan fingerprint density at radius 1 is 1.53 bits per heavy atom. The second-order valence-corrected chi connectivity index (χ2v) is 2.94. The van der Waals surface area contributed by atoms with Crippen LogP contribution in [0.1, 0.15) is 12.5 Å². The summed E-state index contributed by atoms with van der Waals surface area (Å²) in [4.78, 5) is 20.5. The molecule has 0 aromatic heterocycles. The van der Waals surface area contributed by atoms with Crippen molar-refractivity contribution in [2.24, 2.45) is 0 Å². The Kier molecular flexibility index (Phi) is 3.17.